The molecule has 3 aliphatic rings. The molecule has 0 atom stereocenters. The Morgan fingerprint density at radius 3 is 2.39 bits per heavy atom. The summed E-state index contributed by atoms with van der Waals surface area (Å²) in [6.07, 6.45) is 0. The third-order valence-corrected chi connectivity index (χ3v) is 11.1. The molecule has 0 aliphatic carbocycles. The summed E-state index contributed by atoms with van der Waals surface area (Å²) >= 11 is 1.90. The van der Waals surface area contributed by atoms with Gasteiger partial charge in [0, 0.05) is 37.3 Å². The van der Waals surface area contributed by atoms with E-state index in [-0.39, 0.29) is 6.85 Å². The molecule has 0 saturated carbocycles. The minimum atomic E-state index is -0.0504. The molecule has 202 valence electrons. The van der Waals surface area contributed by atoms with Crippen molar-refractivity contribution in [2.75, 3.05) is 4.90 Å². The number of benzene rings is 6. The summed E-state index contributed by atoms with van der Waals surface area (Å²) in [4.78, 5) is 2.42. The van der Waals surface area contributed by atoms with E-state index in [0.717, 1.165) is 50.5 Å². The molecule has 0 spiro atoms. The average molecular weight is 578 g/mol. The summed E-state index contributed by atoms with van der Waals surface area (Å²) in [5.74, 6) is 1.72. The van der Waals surface area contributed by atoms with Gasteiger partial charge in [0.05, 0.1) is 27.3 Å². The predicted octanol–water partition coefficient (Wildman–Crippen LogP) is 9.43. The van der Waals surface area contributed by atoms with E-state index in [1.54, 1.807) is 0 Å². The summed E-state index contributed by atoms with van der Waals surface area (Å²) in [6, 6.07) is 41.4. The average Bonchev–Trinajstić information content (AvgIpc) is 3.73. The maximum Gasteiger partial charge on any atom is 0.333 e. The van der Waals surface area contributed by atoms with Crippen molar-refractivity contribution in [3.8, 4) is 22.6 Å². The number of para-hydroxylation sites is 5. The molecule has 0 unspecified atom stereocenters. The second-order valence-corrected chi connectivity index (χ2v) is 13.1. The van der Waals surface area contributed by atoms with Crippen molar-refractivity contribution in [2.45, 2.75) is 0 Å². The molecule has 12 rings (SSSR count). The van der Waals surface area contributed by atoms with Gasteiger partial charge in [-0.1, -0.05) is 78.9 Å². The lowest BCUT2D eigenvalue weighted by Gasteiger charge is -2.43. The topological polar surface area (TPSA) is 30.5 Å². The maximum atomic E-state index is 6.84. The molecule has 0 bridgehead atoms. The van der Waals surface area contributed by atoms with Gasteiger partial charge in [0.25, 0.3) is 0 Å². The van der Waals surface area contributed by atoms with E-state index >= 15 is 0 Å². The van der Waals surface area contributed by atoms with Crippen LogP contribution in [0.5, 0.6) is 11.5 Å². The Balaban J connectivity index is 1.36. The van der Waals surface area contributed by atoms with Crippen LogP contribution in [-0.2, 0) is 0 Å². The number of rotatable bonds is 0. The molecule has 6 heterocycles. The zero-order valence-corrected chi connectivity index (χ0v) is 24.0. The van der Waals surface area contributed by atoms with Crippen LogP contribution < -0.4 is 20.6 Å². The van der Waals surface area contributed by atoms with Crippen LogP contribution in [0, 0.1) is 0 Å². The summed E-state index contributed by atoms with van der Waals surface area (Å²) in [7, 11) is 0. The molecule has 4 nitrogen and oxygen atoms in total. The lowest BCUT2D eigenvalue weighted by atomic mass is 9.45. The Morgan fingerprint density at radius 1 is 0.614 bits per heavy atom. The molecule has 3 aromatic heterocycles. The van der Waals surface area contributed by atoms with Crippen LogP contribution in [0.15, 0.2) is 120 Å². The molecule has 3 aliphatic heterocycles. The molecule has 6 heteroatoms. The van der Waals surface area contributed by atoms with Gasteiger partial charge in [-0.25, -0.2) is 0 Å². The Bertz CT molecular complexity index is 2790. The van der Waals surface area contributed by atoms with Gasteiger partial charge in [-0.15, -0.1) is 11.3 Å². The van der Waals surface area contributed by atoms with Crippen LogP contribution in [0.4, 0.5) is 17.1 Å². The molecular weight excluding hydrogens is 559 g/mol. The van der Waals surface area contributed by atoms with Crippen LogP contribution in [0.25, 0.3) is 64.3 Å². The highest BCUT2D eigenvalue weighted by Gasteiger charge is 2.47. The van der Waals surface area contributed by atoms with Crippen LogP contribution in [-0.4, -0.2) is 11.3 Å². The van der Waals surface area contributed by atoms with E-state index in [1.165, 1.54) is 53.3 Å². The number of thiophene rings is 1. The predicted molar refractivity (Wildman–Crippen MR) is 183 cm³/mol. The first kappa shape index (κ1) is 22.1. The van der Waals surface area contributed by atoms with Gasteiger partial charge in [-0.2, -0.15) is 0 Å². The Hall–Kier alpha value is -5.46. The van der Waals surface area contributed by atoms with Gasteiger partial charge in [-0.3, -0.25) is 0 Å². The van der Waals surface area contributed by atoms with Gasteiger partial charge in [-0.05, 0) is 52.9 Å². The monoisotopic (exact) mass is 578 g/mol. The summed E-state index contributed by atoms with van der Waals surface area (Å²) in [6.45, 7) is -0.0504. The molecule has 0 amide bonds. The Kier molecular flexibility index (Phi) is 3.70. The first-order valence-corrected chi connectivity index (χ1v) is 15.8. The lowest BCUT2D eigenvalue weighted by molar-refractivity contribution is 0.477. The first-order valence-electron chi connectivity index (χ1n) is 15.0. The van der Waals surface area contributed by atoms with Gasteiger partial charge in [0.1, 0.15) is 5.58 Å². The summed E-state index contributed by atoms with van der Waals surface area (Å²) in [5, 5.41) is 4.90. The number of nitrogens with zero attached hydrogens (tertiary/aromatic N) is 2. The smallest absolute Gasteiger partial charge is 0.333 e. The zero-order valence-electron chi connectivity index (χ0n) is 23.2. The van der Waals surface area contributed by atoms with Crippen molar-refractivity contribution < 1.29 is 9.15 Å². The quantitative estimate of drug-likeness (QED) is 0.168. The maximum absolute atomic E-state index is 6.84. The van der Waals surface area contributed by atoms with Gasteiger partial charge < -0.3 is 18.5 Å². The van der Waals surface area contributed by atoms with E-state index in [4.69, 9.17) is 9.15 Å². The number of hydrogen-bond acceptors (Lipinski definition) is 4. The number of ether oxygens (including phenoxy) is 1. The highest BCUT2D eigenvalue weighted by Crippen LogP contribution is 2.56. The number of furan rings is 1. The fourth-order valence-electron chi connectivity index (χ4n) is 8.31. The van der Waals surface area contributed by atoms with Gasteiger partial charge in [0.2, 0.25) is 0 Å². The molecule has 44 heavy (non-hydrogen) atoms. The minimum absolute atomic E-state index is 0.0504. The summed E-state index contributed by atoms with van der Waals surface area (Å²) in [5.41, 5.74) is 12.7. The fraction of sp³-hybridized carbons (Fsp3) is 0. The Morgan fingerprint density at radius 2 is 1.41 bits per heavy atom. The number of fused-ring (bicyclic) bond motifs is 15. The third kappa shape index (κ3) is 2.37. The molecule has 9 aromatic rings. The molecular formula is C38H19BN2O2S. The van der Waals surface area contributed by atoms with Crippen molar-refractivity contribution in [1.29, 1.82) is 0 Å². The van der Waals surface area contributed by atoms with Crippen molar-refractivity contribution in [3.05, 3.63) is 115 Å². The number of aromatic nitrogens is 1. The number of anilines is 3. The Labute approximate surface area is 255 Å². The van der Waals surface area contributed by atoms with Crippen molar-refractivity contribution in [1.82, 2.24) is 4.48 Å². The van der Waals surface area contributed by atoms with E-state index in [0.29, 0.717) is 0 Å². The van der Waals surface area contributed by atoms with Crippen LogP contribution in [0.1, 0.15) is 0 Å². The van der Waals surface area contributed by atoms with Gasteiger partial charge >= 0.3 is 6.85 Å². The van der Waals surface area contributed by atoms with Crippen molar-refractivity contribution in [2.24, 2.45) is 0 Å². The molecule has 0 radical (unpaired) electrons. The highest BCUT2D eigenvalue weighted by molar-refractivity contribution is 7.27. The lowest BCUT2D eigenvalue weighted by Crippen LogP contribution is -2.57. The largest absolute Gasteiger partial charge is 0.454 e. The molecule has 0 N–H and O–H groups in total. The van der Waals surface area contributed by atoms with Crippen LogP contribution in [0.3, 0.4) is 0 Å². The minimum Gasteiger partial charge on any atom is -0.454 e. The SMILES string of the molecule is c1ccc2c(c1)Oc1cccc3c1N2c1c2c(cc4c1oc1ccccc14)-c1cccc4c5sc6ccccc6c5n(c14)B32. The normalized spacial score (nSPS) is 14.0. The second-order valence-electron chi connectivity index (χ2n) is 12.0. The second kappa shape index (κ2) is 7.36. The first-order chi connectivity index (χ1) is 21.8. The summed E-state index contributed by atoms with van der Waals surface area (Å²) < 4.78 is 18.8. The van der Waals surface area contributed by atoms with E-state index < -0.39 is 0 Å². The molecule has 0 fully saturated rings. The fourth-order valence-corrected chi connectivity index (χ4v) is 9.53. The standard InChI is InChI=1S/C38H19BN2O2S/c1-4-15-28-20(9-1)25-19-24-21-11-7-12-23-33(21)41(34-22-10-2-6-18-31(22)44-38(23)34)39-26-13-8-17-30-35(26)40(36(32(24)39)37(25)43-28)27-14-3-5-16-29(27)42-30/h1-19H. The van der Waals surface area contributed by atoms with Gasteiger partial charge in [0.15, 0.2) is 17.1 Å². The van der Waals surface area contributed by atoms with Crippen molar-refractivity contribution >= 4 is 99.3 Å². The van der Waals surface area contributed by atoms with E-state index in [9.17, 15) is 0 Å². The highest BCUT2D eigenvalue weighted by atomic mass is 32.1. The van der Waals surface area contributed by atoms with E-state index in [1.807, 2.05) is 17.4 Å². The molecule has 0 saturated heterocycles. The van der Waals surface area contributed by atoms with Crippen molar-refractivity contribution in [3.63, 3.8) is 0 Å². The number of hydrogen-bond donors (Lipinski definition) is 0. The molecule has 6 aromatic carbocycles. The van der Waals surface area contributed by atoms with Crippen LogP contribution in [0.2, 0.25) is 0 Å². The van der Waals surface area contributed by atoms with Crippen LogP contribution >= 0.6 is 11.3 Å². The zero-order chi connectivity index (χ0) is 28.3. The van der Waals surface area contributed by atoms with E-state index in [2.05, 4.69) is 119 Å². The third-order valence-electron chi connectivity index (χ3n) is 9.93.